The smallest absolute Gasteiger partial charge is 0.251 e. The number of sulfonamides is 1. The molecule has 0 spiro atoms. The maximum Gasteiger partial charge on any atom is 0.251 e. The molecule has 1 heterocycles. The van der Waals surface area contributed by atoms with Crippen molar-refractivity contribution in [3.8, 4) is 0 Å². The van der Waals surface area contributed by atoms with Gasteiger partial charge in [0.1, 0.15) is 4.90 Å². The number of benzene rings is 2. The third-order valence-corrected chi connectivity index (χ3v) is 7.19. The first-order valence-electron chi connectivity index (χ1n) is 10.1. The first-order valence-corrected chi connectivity index (χ1v) is 12.0. The lowest BCUT2D eigenvalue weighted by Gasteiger charge is -2.17. The normalized spacial score (nSPS) is 17.6. The largest absolute Gasteiger partial charge is 0.377 e. The number of ether oxygens (including phenoxy) is 1. The molecule has 30 heavy (non-hydrogen) atoms. The van der Waals surface area contributed by atoms with Crippen LogP contribution in [0.15, 0.2) is 53.4 Å². The van der Waals surface area contributed by atoms with Gasteiger partial charge in [-0.25, -0.2) is 13.1 Å². The molecule has 1 amide bonds. The Kier molecular flexibility index (Phi) is 7.88. The number of amides is 1. The Morgan fingerprint density at radius 2 is 2.00 bits per heavy atom. The second kappa shape index (κ2) is 10.4. The molecule has 3 rings (SSSR count). The van der Waals surface area contributed by atoms with Crippen LogP contribution in [0.2, 0.25) is 5.02 Å². The van der Waals surface area contributed by atoms with Crippen LogP contribution in [0.3, 0.4) is 0 Å². The van der Waals surface area contributed by atoms with Crippen molar-refractivity contribution in [3.05, 3.63) is 64.7 Å². The topological polar surface area (TPSA) is 84.5 Å². The summed E-state index contributed by atoms with van der Waals surface area (Å²) in [6.07, 6.45) is 2.48. The van der Waals surface area contributed by atoms with Crippen LogP contribution < -0.4 is 10.0 Å². The van der Waals surface area contributed by atoms with Crippen molar-refractivity contribution in [2.45, 2.75) is 43.1 Å². The standard InChI is InChI=1S/C22H27ClN2O4S/c1-2-16(17-7-4-3-5-8-17)14-24-22(26)18-10-11-20(23)21(13-18)30(27,28)25-15-19-9-6-12-29-19/h3-5,7-8,10-11,13,16,19,25H,2,6,9,12,14-15H2,1H3,(H,24,26). The zero-order chi connectivity index (χ0) is 21.6. The lowest BCUT2D eigenvalue weighted by atomic mass is 9.96. The minimum Gasteiger partial charge on any atom is -0.377 e. The Hall–Kier alpha value is -1.93. The number of hydrogen-bond acceptors (Lipinski definition) is 4. The summed E-state index contributed by atoms with van der Waals surface area (Å²) in [6.45, 7) is 3.35. The predicted molar refractivity (Wildman–Crippen MR) is 117 cm³/mol. The molecule has 8 heteroatoms. The Morgan fingerprint density at radius 3 is 2.67 bits per heavy atom. The van der Waals surface area contributed by atoms with Crippen molar-refractivity contribution < 1.29 is 17.9 Å². The molecule has 0 aromatic heterocycles. The summed E-state index contributed by atoms with van der Waals surface area (Å²) in [5.74, 6) is -0.157. The van der Waals surface area contributed by atoms with E-state index in [1.54, 1.807) is 0 Å². The molecule has 162 valence electrons. The summed E-state index contributed by atoms with van der Waals surface area (Å²) in [6, 6.07) is 14.3. The monoisotopic (exact) mass is 450 g/mol. The molecule has 1 aliphatic rings. The Balaban J connectivity index is 1.68. The molecule has 2 aromatic carbocycles. The van der Waals surface area contributed by atoms with Crippen LogP contribution in [0.4, 0.5) is 0 Å². The van der Waals surface area contributed by atoms with E-state index in [0.717, 1.165) is 24.8 Å². The first kappa shape index (κ1) is 22.7. The van der Waals surface area contributed by atoms with Gasteiger partial charge in [0, 0.05) is 31.2 Å². The maximum atomic E-state index is 12.7. The summed E-state index contributed by atoms with van der Waals surface area (Å²) < 4.78 is 33.4. The molecule has 0 saturated carbocycles. The minimum absolute atomic E-state index is 0.0714. The van der Waals surface area contributed by atoms with Crippen LogP contribution in [0.5, 0.6) is 0 Å². The average molecular weight is 451 g/mol. The number of halogens is 1. The van der Waals surface area contributed by atoms with E-state index in [4.69, 9.17) is 16.3 Å². The molecule has 1 saturated heterocycles. The fourth-order valence-electron chi connectivity index (χ4n) is 3.48. The molecular weight excluding hydrogens is 424 g/mol. The summed E-state index contributed by atoms with van der Waals surface area (Å²) in [4.78, 5) is 12.6. The van der Waals surface area contributed by atoms with Crippen LogP contribution in [-0.4, -0.2) is 40.1 Å². The van der Waals surface area contributed by atoms with E-state index in [0.29, 0.717) is 13.2 Å². The second-order valence-electron chi connectivity index (χ2n) is 7.36. The molecule has 2 atom stereocenters. The molecule has 0 aliphatic carbocycles. The first-order chi connectivity index (χ1) is 14.4. The number of rotatable bonds is 9. The van der Waals surface area contributed by atoms with Crippen molar-refractivity contribution in [3.63, 3.8) is 0 Å². The molecule has 1 fully saturated rings. The van der Waals surface area contributed by atoms with Crippen LogP contribution >= 0.6 is 11.6 Å². The van der Waals surface area contributed by atoms with Crippen molar-refractivity contribution in [1.82, 2.24) is 10.0 Å². The van der Waals surface area contributed by atoms with Gasteiger partial charge in [-0.15, -0.1) is 0 Å². The van der Waals surface area contributed by atoms with E-state index in [9.17, 15) is 13.2 Å². The number of hydrogen-bond donors (Lipinski definition) is 2. The van der Waals surface area contributed by atoms with Gasteiger partial charge < -0.3 is 10.1 Å². The Labute approximate surface area is 183 Å². The predicted octanol–water partition coefficient (Wildman–Crippen LogP) is 3.72. The van der Waals surface area contributed by atoms with Crippen LogP contribution in [-0.2, 0) is 14.8 Å². The summed E-state index contributed by atoms with van der Waals surface area (Å²) in [5, 5.41) is 2.98. The van der Waals surface area contributed by atoms with E-state index in [1.165, 1.54) is 18.2 Å². The molecule has 2 aromatic rings. The van der Waals surface area contributed by atoms with Gasteiger partial charge in [-0.05, 0) is 43.0 Å². The quantitative estimate of drug-likeness (QED) is 0.609. The molecule has 0 bridgehead atoms. The zero-order valence-corrected chi connectivity index (χ0v) is 18.5. The minimum atomic E-state index is -3.86. The molecular formula is C22H27ClN2O4S. The van der Waals surface area contributed by atoms with Crippen LogP contribution in [0.25, 0.3) is 0 Å². The van der Waals surface area contributed by atoms with Gasteiger partial charge in [0.05, 0.1) is 11.1 Å². The number of nitrogens with one attached hydrogen (secondary N) is 2. The van der Waals surface area contributed by atoms with Gasteiger partial charge in [-0.3, -0.25) is 4.79 Å². The highest BCUT2D eigenvalue weighted by atomic mass is 35.5. The fourth-order valence-corrected chi connectivity index (χ4v) is 5.07. The third kappa shape index (κ3) is 5.82. The molecule has 6 nitrogen and oxygen atoms in total. The lowest BCUT2D eigenvalue weighted by molar-refractivity contribution is 0.0950. The van der Waals surface area contributed by atoms with E-state index in [1.807, 2.05) is 30.3 Å². The van der Waals surface area contributed by atoms with E-state index in [-0.39, 0.29) is 40.0 Å². The highest BCUT2D eigenvalue weighted by Crippen LogP contribution is 2.24. The van der Waals surface area contributed by atoms with Crippen LogP contribution in [0, 0.1) is 0 Å². The summed E-state index contributed by atoms with van der Waals surface area (Å²) >= 11 is 6.13. The van der Waals surface area contributed by atoms with Crippen molar-refractivity contribution in [2.75, 3.05) is 19.7 Å². The van der Waals surface area contributed by atoms with Crippen LogP contribution in [0.1, 0.15) is 48.0 Å². The van der Waals surface area contributed by atoms with Gasteiger partial charge in [0.2, 0.25) is 10.0 Å². The Morgan fingerprint density at radius 1 is 1.23 bits per heavy atom. The van der Waals surface area contributed by atoms with Crippen molar-refractivity contribution in [1.29, 1.82) is 0 Å². The molecule has 2 unspecified atom stereocenters. The average Bonchev–Trinajstić information content (AvgIpc) is 3.27. The maximum absolute atomic E-state index is 12.7. The highest BCUT2D eigenvalue weighted by Gasteiger charge is 2.23. The van der Waals surface area contributed by atoms with Gasteiger partial charge in [0.25, 0.3) is 5.91 Å². The van der Waals surface area contributed by atoms with Gasteiger partial charge in [0.15, 0.2) is 0 Å². The van der Waals surface area contributed by atoms with Gasteiger partial charge in [-0.2, -0.15) is 0 Å². The second-order valence-corrected chi connectivity index (χ2v) is 9.50. The fraction of sp³-hybridized carbons (Fsp3) is 0.409. The van der Waals surface area contributed by atoms with E-state index < -0.39 is 10.0 Å². The molecule has 2 N–H and O–H groups in total. The van der Waals surface area contributed by atoms with Crippen molar-refractivity contribution >= 4 is 27.5 Å². The third-order valence-electron chi connectivity index (χ3n) is 5.28. The Bertz CT molecular complexity index is 960. The molecule has 0 radical (unpaired) electrons. The summed E-state index contributed by atoms with van der Waals surface area (Å²) in [5.41, 5.74) is 1.40. The van der Waals surface area contributed by atoms with Crippen molar-refractivity contribution in [2.24, 2.45) is 0 Å². The van der Waals surface area contributed by atoms with E-state index >= 15 is 0 Å². The van der Waals surface area contributed by atoms with E-state index in [2.05, 4.69) is 17.0 Å². The highest BCUT2D eigenvalue weighted by molar-refractivity contribution is 7.89. The number of carbonyl (C=O) groups is 1. The SMILES string of the molecule is CCC(CNC(=O)c1ccc(Cl)c(S(=O)(=O)NCC2CCCO2)c1)c1ccccc1. The summed E-state index contributed by atoms with van der Waals surface area (Å²) in [7, 11) is -3.86. The lowest BCUT2D eigenvalue weighted by Crippen LogP contribution is -2.32. The van der Waals surface area contributed by atoms with Gasteiger partial charge in [-0.1, -0.05) is 48.9 Å². The molecule has 1 aliphatic heterocycles. The van der Waals surface area contributed by atoms with Gasteiger partial charge >= 0.3 is 0 Å². The zero-order valence-electron chi connectivity index (χ0n) is 16.9. The number of carbonyl (C=O) groups excluding carboxylic acids is 1.